The molecular formula is C17H15ClF3NO4S. The van der Waals surface area contributed by atoms with Crippen LogP contribution in [0.5, 0.6) is 5.75 Å². The van der Waals surface area contributed by atoms with Crippen LogP contribution in [0.1, 0.15) is 27.0 Å². The first-order valence-corrected chi connectivity index (χ1v) is 9.35. The lowest BCUT2D eigenvalue weighted by Crippen LogP contribution is -2.23. The molecule has 2 aromatic carbocycles. The van der Waals surface area contributed by atoms with E-state index in [0.717, 1.165) is 11.6 Å². The van der Waals surface area contributed by atoms with Gasteiger partial charge in [-0.1, -0.05) is 17.7 Å². The number of rotatable bonds is 3. The second-order valence-electron chi connectivity index (χ2n) is 5.90. The van der Waals surface area contributed by atoms with Gasteiger partial charge < -0.3 is 10.4 Å². The van der Waals surface area contributed by atoms with Crippen LogP contribution in [0.25, 0.3) is 0 Å². The molecule has 0 aromatic heterocycles. The molecule has 0 bridgehead atoms. The van der Waals surface area contributed by atoms with Gasteiger partial charge in [0.15, 0.2) is 0 Å². The van der Waals surface area contributed by atoms with Crippen molar-refractivity contribution in [3.8, 4) is 5.75 Å². The third-order valence-corrected chi connectivity index (χ3v) is 5.84. The molecule has 0 aliphatic carbocycles. The molecule has 146 valence electrons. The average molecular weight is 422 g/mol. The van der Waals surface area contributed by atoms with Crippen LogP contribution in [0, 0.1) is 20.8 Å². The molecule has 2 rings (SSSR count). The van der Waals surface area contributed by atoms with Gasteiger partial charge in [0.25, 0.3) is 15.7 Å². The molecule has 0 radical (unpaired) electrons. The Morgan fingerprint density at radius 1 is 1.11 bits per heavy atom. The summed E-state index contributed by atoms with van der Waals surface area (Å²) in [6.07, 6.45) is 0. The molecule has 0 aliphatic heterocycles. The summed E-state index contributed by atoms with van der Waals surface area (Å²) in [5, 5.41) is 12.2. The van der Waals surface area contributed by atoms with E-state index in [1.54, 1.807) is 26.8 Å². The van der Waals surface area contributed by atoms with Crippen molar-refractivity contribution in [3.63, 3.8) is 0 Å². The Bertz CT molecular complexity index is 1030. The molecule has 2 N–H and O–H groups in total. The summed E-state index contributed by atoms with van der Waals surface area (Å²) in [6, 6.07) is 3.95. The summed E-state index contributed by atoms with van der Waals surface area (Å²) in [7, 11) is -5.56. The van der Waals surface area contributed by atoms with Crippen LogP contribution in [0.4, 0.5) is 18.9 Å². The number of carbonyl (C=O) groups excluding carboxylic acids is 1. The number of hydrogen-bond donors (Lipinski definition) is 2. The van der Waals surface area contributed by atoms with E-state index in [9.17, 15) is 31.5 Å². The van der Waals surface area contributed by atoms with Crippen molar-refractivity contribution < 1.29 is 31.5 Å². The largest absolute Gasteiger partial charge is 0.507 e. The number of anilines is 1. The van der Waals surface area contributed by atoms with Gasteiger partial charge in [0.05, 0.1) is 21.2 Å². The lowest BCUT2D eigenvalue weighted by molar-refractivity contribution is -0.0436. The number of hydrogen-bond acceptors (Lipinski definition) is 4. The van der Waals surface area contributed by atoms with Crippen LogP contribution in [0.2, 0.25) is 5.02 Å². The molecule has 0 spiro atoms. The van der Waals surface area contributed by atoms with Gasteiger partial charge in [-0.25, -0.2) is 8.42 Å². The number of phenolic OH excluding ortho intramolecular Hbond substituents is 1. The minimum Gasteiger partial charge on any atom is -0.507 e. The number of aromatic hydroxyl groups is 1. The van der Waals surface area contributed by atoms with Gasteiger partial charge in [-0.3, -0.25) is 4.79 Å². The van der Waals surface area contributed by atoms with E-state index in [2.05, 4.69) is 5.32 Å². The maximum absolute atomic E-state index is 12.6. The van der Waals surface area contributed by atoms with Crippen LogP contribution in [0.15, 0.2) is 29.2 Å². The number of sulfone groups is 1. The highest BCUT2D eigenvalue weighted by Crippen LogP contribution is 2.34. The predicted octanol–water partition coefficient (Wildman–Crippen LogP) is 4.52. The highest BCUT2D eigenvalue weighted by molar-refractivity contribution is 7.92. The van der Waals surface area contributed by atoms with E-state index < -0.39 is 31.2 Å². The zero-order valence-corrected chi connectivity index (χ0v) is 16.0. The summed E-state index contributed by atoms with van der Waals surface area (Å²) < 4.78 is 60.7. The van der Waals surface area contributed by atoms with Gasteiger partial charge in [0.2, 0.25) is 0 Å². The van der Waals surface area contributed by atoms with Crippen LogP contribution < -0.4 is 5.32 Å². The molecule has 0 aliphatic rings. The molecule has 2 aromatic rings. The first-order chi connectivity index (χ1) is 12.3. The minimum atomic E-state index is -5.56. The number of amides is 1. The lowest BCUT2D eigenvalue weighted by atomic mass is 9.98. The van der Waals surface area contributed by atoms with Gasteiger partial charge in [-0.15, -0.1) is 0 Å². The van der Waals surface area contributed by atoms with E-state index in [4.69, 9.17) is 11.6 Å². The van der Waals surface area contributed by atoms with E-state index in [-0.39, 0.29) is 17.0 Å². The topological polar surface area (TPSA) is 83.5 Å². The molecular weight excluding hydrogens is 407 g/mol. The monoisotopic (exact) mass is 421 g/mol. The van der Waals surface area contributed by atoms with E-state index >= 15 is 0 Å². The molecule has 5 nitrogen and oxygen atoms in total. The van der Waals surface area contributed by atoms with Crippen LogP contribution >= 0.6 is 11.6 Å². The number of aryl methyl sites for hydroxylation is 2. The molecule has 0 unspecified atom stereocenters. The average Bonchev–Trinajstić information content (AvgIpc) is 2.53. The Balaban J connectivity index is 2.40. The molecule has 0 saturated heterocycles. The number of phenols is 1. The van der Waals surface area contributed by atoms with Crippen molar-refractivity contribution in [1.29, 1.82) is 0 Å². The number of halogens is 4. The van der Waals surface area contributed by atoms with Crippen molar-refractivity contribution in [1.82, 2.24) is 0 Å². The second-order valence-corrected chi connectivity index (χ2v) is 8.25. The van der Waals surface area contributed by atoms with Crippen molar-refractivity contribution >= 4 is 33.0 Å². The number of benzene rings is 2. The van der Waals surface area contributed by atoms with Gasteiger partial charge >= 0.3 is 5.51 Å². The van der Waals surface area contributed by atoms with Crippen LogP contribution in [-0.2, 0) is 9.84 Å². The van der Waals surface area contributed by atoms with Crippen molar-refractivity contribution in [3.05, 3.63) is 51.5 Å². The Morgan fingerprint density at radius 2 is 1.70 bits per heavy atom. The third kappa shape index (κ3) is 3.89. The maximum atomic E-state index is 12.6. The standard InChI is InChI=1S/C17H15ClF3NO4S/c1-8-6-9(2)14(15(23)10(8)3)16(24)22-13-5-4-11(7-12(13)18)27(25,26)17(19,20)21/h4-7,23H,1-3H3,(H,22,24). The Morgan fingerprint density at radius 3 is 2.22 bits per heavy atom. The number of carbonyl (C=O) groups is 1. The smallest absolute Gasteiger partial charge is 0.501 e. The van der Waals surface area contributed by atoms with Gasteiger partial charge in [0.1, 0.15) is 5.75 Å². The molecule has 0 fully saturated rings. The summed E-state index contributed by atoms with van der Waals surface area (Å²) >= 11 is 5.84. The van der Waals surface area contributed by atoms with E-state index in [0.29, 0.717) is 23.3 Å². The fourth-order valence-corrected chi connectivity index (χ4v) is 3.52. The predicted molar refractivity (Wildman–Crippen MR) is 95.0 cm³/mol. The number of alkyl halides is 3. The quantitative estimate of drug-likeness (QED) is 0.763. The normalized spacial score (nSPS) is 12.1. The fraction of sp³-hybridized carbons (Fsp3) is 0.235. The van der Waals surface area contributed by atoms with Gasteiger partial charge in [-0.05, 0) is 55.7 Å². The molecule has 0 atom stereocenters. The van der Waals surface area contributed by atoms with Gasteiger partial charge in [-0.2, -0.15) is 13.2 Å². The minimum absolute atomic E-state index is 0.0128. The van der Waals surface area contributed by atoms with E-state index in [1.165, 1.54) is 0 Å². The first-order valence-electron chi connectivity index (χ1n) is 7.49. The first kappa shape index (κ1) is 21.0. The number of nitrogens with one attached hydrogen (secondary N) is 1. The maximum Gasteiger partial charge on any atom is 0.501 e. The SMILES string of the molecule is Cc1cc(C)c(C(=O)Nc2ccc(S(=O)(=O)C(F)(F)F)cc2Cl)c(O)c1C. The second kappa shape index (κ2) is 7.05. The Hall–Kier alpha value is -2.26. The van der Waals surface area contributed by atoms with Crippen LogP contribution in [-0.4, -0.2) is 24.9 Å². The molecule has 10 heteroatoms. The van der Waals surface area contributed by atoms with Crippen molar-refractivity contribution in [2.24, 2.45) is 0 Å². The summed E-state index contributed by atoms with van der Waals surface area (Å²) in [5.74, 6) is -0.959. The van der Waals surface area contributed by atoms with Crippen LogP contribution in [0.3, 0.4) is 0 Å². The van der Waals surface area contributed by atoms with E-state index in [1.807, 2.05) is 0 Å². The highest BCUT2D eigenvalue weighted by Gasteiger charge is 2.47. The molecule has 27 heavy (non-hydrogen) atoms. The lowest BCUT2D eigenvalue weighted by Gasteiger charge is -2.15. The zero-order chi connectivity index (χ0) is 20.7. The summed E-state index contributed by atoms with van der Waals surface area (Å²) in [5.41, 5.74) is -3.81. The zero-order valence-electron chi connectivity index (χ0n) is 14.4. The Kier molecular flexibility index (Phi) is 5.49. The Labute approximate surface area is 158 Å². The molecule has 1 amide bonds. The van der Waals surface area contributed by atoms with Gasteiger partial charge in [0, 0.05) is 0 Å². The fourth-order valence-electron chi connectivity index (χ4n) is 2.44. The van der Waals surface area contributed by atoms with Crippen molar-refractivity contribution in [2.75, 3.05) is 5.32 Å². The summed E-state index contributed by atoms with van der Waals surface area (Å²) in [6.45, 7) is 5.01. The third-order valence-electron chi connectivity index (χ3n) is 4.04. The summed E-state index contributed by atoms with van der Waals surface area (Å²) in [4.78, 5) is 11.4. The van der Waals surface area contributed by atoms with Crippen molar-refractivity contribution in [2.45, 2.75) is 31.2 Å². The molecule has 0 heterocycles. The molecule has 0 saturated carbocycles. The highest BCUT2D eigenvalue weighted by atomic mass is 35.5.